The number of hydrogen-bond donors (Lipinski definition) is 3. The number of anilines is 2. The van der Waals surface area contributed by atoms with E-state index in [1.165, 1.54) is 24.3 Å². The first-order valence-electron chi connectivity index (χ1n) is 9.49. The molecule has 3 rings (SSSR count). The third-order valence-electron chi connectivity index (χ3n) is 4.27. The second-order valence-electron chi connectivity index (χ2n) is 6.63. The minimum atomic E-state index is -1.12. The summed E-state index contributed by atoms with van der Waals surface area (Å²) >= 11 is 11.6. The van der Waals surface area contributed by atoms with Gasteiger partial charge in [0.1, 0.15) is 5.02 Å². The summed E-state index contributed by atoms with van der Waals surface area (Å²) in [6.45, 7) is 0. The topological polar surface area (TPSA) is 143 Å². The fourth-order valence-electron chi connectivity index (χ4n) is 2.67. The Morgan fingerprint density at radius 3 is 2.32 bits per heavy atom. The zero-order valence-electron chi connectivity index (χ0n) is 17.1. The van der Waals surface area contributed by atoms with E-state index in [1.54, 1.807) is 36.4 Å². The molecule has 0 fully saturated rings. The monoisotopic (exact) mass is 499 g/mol. The molecule has 3 amide bonds. The van der Waals surface area contributed by atoms with Gasteiger partial charge in [-0.05, 0) is 42.5 Å². The zero-order valence-corrected chi connectivity index (χ0v) is 18.6. The van der Waals surface area contributed by atoms with Gasteiger partial charge >= 0.3 is 11.8 Å². The molecular formula is C22H15Cl2N5O5. The summed E-state index contributed by atoms with van der Waals surface area (Å²) in [6.07, 6.45) is 1.11. The van der Waals surface area contributed by atoms with Crippen molar-refractivity contribution >= 4 is 64.2 Å². The highest BCUT2D eigenvalue weighted by molar-refractivity contribution is 6.40. The van der Waals surface area contributed by atoms with Crippen LogP contribution in [0.15, 0.2) is 71.8 Å². The quantitative estimate of drug-likeness (QED) is 0.201. The van der Waals surface area contributed by atoms with Crippen LogP contribution in [0.3, 0.4) is 0 Å². The number of carbonyl (C=O) groups is 3. The van der Waals surface area contributed by atoms with Crippen LogP contribution in [0.25, 0.3) is 0 Å². The molecule has 0 spiro atoms. The summed E-state index contributed by atoms with van der Waals surface area (Å²) in [5.41, 5.74) is 2.67. The maximum absolute atomic E-state index is 12.6. The van der Waals surface area contributed by atoms with Crippen LogP contribution in [0, 0.1) is 10.1 Å². The molecule has 0 aliphatic carbocycles. The summed E-state index contributed by atoms with van der Waals surface area (Å²) in [4.78, 5) is 47.2. The van der Waals surface area contributed by atoms with Gasteiger partial charge in [0, 0.05) is 22.3 Å². The summed E-state index contributed by atoms with van der Waals surface area (Å²) in [7, 11) is 0. The molecule has 10 nitrogen and oxygen atoms in total. The van der Waals surface area contributed by atoms with Crippen molar-refractivity contribution in [1.82, 2.24) is 5.43 Å². The summed E-state index contributed by atoms with van der Waals surface area (Å²) in [6, 6.07) is 16.5. The lowest BCUT2D eigenvalue weighted by Crippen LogP contribution is -2.33. The van der Waals surface area contributed by atoms with Crippen molar-refractivity contribution in [2.24, 2.45) is 5.10 Å². The number of nitro groups is 1. The van der Waals surface area contributed by atoms with Gasteiger partial charge < -0.3 is 10.6 Å². The maximum atomic E-state index is 12.6. The van der Waals surface area contributed by atoms with Gasteiger partial charge in [-0.15, -0.1) is 0 Å². The van der Waals surface area contributed by atoms with Gasteiger partial charge in [-0.25, -0.2) is 5.43 Å². The van der Waals surface area contributed by atoms with Crippen molar-refractivity contribution in [1.29, 1.82) is 0 Å². The average molecular weight is 500 g/mol. The molecule has 0 saturated carbocycles. The first kappa shape index (κ1) is 24.4. The molecule has 3 aromatic carbocycles. The number of nitrogens with zero attached hydrogens (tertiary/aromatic N) is 2. The first-order valence-corrected chi connectivity index (χ1v) is 10.2. The zero-order chi connectivity index (χ0) is 24.7. The third kappa shape index (κ3) is 6.37. The van der Waals surface area contributed by atoms with E-state index < -0.39 is 22.6 Å². The van der Waals surface area contributed by atoms with Crippen molar-refractivity contribution in [2.75, 3.05) is 10.6 Å². The van der Waals surface area contributed by atoms with Gasteiger partial charge in [-0.1, -0.05) is 41.4 Å². The van der Waals surface area contributed by atoms with Gasteiger partial charge in [0.25, 0.3) is 11.6 Å². The Morgan fingerprint density at radius 2 is 1.62 bits per heavy atom. The van der Waals surface area contributed by atoms with E-state index in [-0.39, 0.29) is 27.5 Å². The smallest absolute Gasteiger partial charge is 0.322 e. The highest BCUT2D eigenvalue weighted by Gasteiger charge is 2.18. The summed E-state index contributed by atoms with van der Waals surface area (Å²) < 4.78 is 0. The predicted octanol–water partition coefficient (Wildman–Crippen LogP) is 4.24. The van der Waals surface area contributed by atoms with Gasteiger partial charge in [0.05, 0.1) is 22.4 Å². The van der Waals surface area contributed by atoms with Gasteiger partial charge in [0.15, 0.2) is 0 Å². The van der Waals surface area contributed by atoms with Crippen LogP contribution < -0.4 is 16.1 Å². The number of hydrazone groups is 1. The van der Waals surface area contributed by atoms with E-state index in [4.69, 9.17) is 23.2 Å². The highest BCUT2D eigenvalue weighted by atomic mass is 35.5. The number of benzene rings is 3. The van der Waals surface area contributed by atoms with E-state index in [0.717, 1.165) is 12.3 Å². The number of nitro benzene ring substituents is 1. The Morgan fingerprint density at radius 1 is 0.912 bits per heavy atom. The number of halogens is 2. The van der Waals surface area contributed by atoms with E-state index in [2.05, 4.69) is 15.7 Å². The van der Waals surface area contributed by atoms with Crippen LogP contribution in [0.2, 0.25) is 10.0 Å². The molecule has 0 aliphatic rings. The number of rotatable bonds is 6. The molecule has 0 aromatic heterocycles. The SMILES string of the molecule is O=C(N/N=C\c1ccc(Cl)c([N+](=O)[O-])c1)C(=O)Nc1ccccc1C(=O)Nc1ccc(Cl)cc1. The minimum Gasteiger partial charge on any atom is -0.322 e. The molecule has 0 saturated heterocycles. The standard InChI is InChI=1S/C22H15Cl2N5O5/c23-14-6-8-15(9-7-14)26-20(30)16-3-1-2-4-18(16)27-21(31)22(32)28-25-12-13-5-10-17(24)19(11-13)29(33)34/h1-12H,(H,26,30)(H,27,31)(H,28,32)/b25-12-. The van der Waals surface area contributed by atoms with Crippen LogP contribution in [0.1, 0.15) is 15.9 Å². The first-order chi connectivity index (χ1) is 16.2. The van der Waals surface area contributed by atoms with E-state index in [9.17, 15) is 24.5 Å². The second kappa shape index (κ2) is 11.0. The van der Waals surface area contributed by atoms with Crippen molar-refractivity contribution < 1.29 is 19.3 Å². The number of para-hydroxylation sites is 1. The Kier molecular flexibility index (Phi) is 7.91. The molecule has 3 N–H and O–H groups in total. The van der Waals surface area contributed by atoms with Crippen LogP contribution in [0.4, 0.5) is 17.1 Å². The molecule has 12 heteroatoms. The number of hydrogen-bond acceptors (Lipinski definition) is 6. The minimum absolute atomic E-state index is 0.0515. The Bertz CT molecular complexity index is 1300. The van der Waals surface area contributed by atoms with E-state index >= 15 is 0 Å². The van der Waals surface area contributed by atoms with Gasteiger partial charge in [0.2, 0.25) is 0 Å². The molecule has 0 atom stereocenters. The fourth-order valence-corrected chi connectivity index (χ4v) is 2.98. The van der Waals surface area contributed by atoms with Crippen LogP contribution >= 0.6 is 23.2 Å². The molecule has 0 aliphatic heterocycles. The van der Waals surface area contributed by atoms with E-state index in [0.29, 0.717) is 10.7 Å². The molecular weight excluding hydrogens is 485 g/mol. The maximum Gasteiger partial charge on any atom is 0.329 e. The molecule has 172 valence electrons. The second-order valence-corrected chi connectivity index (χ2v) is 7.47. The number of amides is 3. The normalized spacial score (nSPS) is 10.5. The van der Waals surface area contributed by atoms with Crippen LogP contribution in [0.5, 0.6) is 0 Å². The number of carbonyl (C=O) groups excluding carboxylic acids is 3. The van der Waals surface area contributed by atoms with Crippen molar-refractivity contribution in [2.45, 2.75) is 0 Å². The average Bonchev–Trinajstić information content (AvgIpc) is 2.81. The summed E-state index contributed by atoms with van der Waals surface area (Å²) in [5.74, 6) is -2.71. The Balaban J connectivity index is 1.64. The fraction of sp³-hybridized carbons (Fsp3) is 0. The lowest BCUT2D eigenvalue weighted by molar-refractivity contribution is -0.384. The van der Waals surface area contributed by atoms with Gasteiger partial charge in [-0.3, -0.25) is 24.5 Å². The van der Waals surface area contributed by atoms with Crippen molar-refractivity contribution in [3.05, 3.63) is 98.0 Å². The van der Waals surface area contributed by atoms with Crippen molar-refractivity contribution in [3.8, 4) is 0 Å². The van der Waals surface area contributed by atoms with Crippen LogP contribution in [-0.4, -0.2) is 28.9 Å². The lowest BCUT2D eigenvalue weighted by Gasteiger charge is -2.11. The molecule has 3 aromatic rings. The Labute approximate surface area is 202 Å². The molecule has 0 heterocycles. The molecule has 34 heavy (non-hydrogen) atoms. The van der Waals surface area contributed by atoms with Crippen LogP contribution in [-0.2, 0) is 9.59 Å². The largest absolute Gasteiger partial charge is 0.329 e. The predicted molar refractivity (Wildman–Crippen MR) is 128 cm³/mol. The molecule has 0 unspecified atom stereocenters. The third-order valence-corrected chi connectivity index (χ3v) is 4.85. The number of nitrogens with one attached hydrogen (secondary N) is 3. The van der Waals surface area contributed by atoms with E-state index in [1.807, 2.05) is 5.43 Å². The lowest BCUT2D eigenvalue weighted by atomic mass is 10.1. The Hall–Kier alpha value is -4.28. The van der Waals surface area contributed by atoms with Gasteiger partial charge in [-0.2, -0.15) is 5.10 Å². The summed E-state index contributed by atoms with van der Waals surface area (Å²) in [5, 5.41) is 20.0. The molecule has 0 radical (unpaired) electrons. The molecule has 0 bridgehead atoms. The van der Waals surface area contributed by atoms with Crippen molar-refractivity contribution in [3.63, 3.8) is 0 Å². The highest BCUT2D eigenvalue weighted by Crippen LogP contribution is 2.24.